The van der Waals surface area contributed by atoms with Crippen LogP contribution in [-0.4, -0.2) is 28.8 Å². The van der Waals surface area contributed by atoms with Crippen molar-refractivity contribution in [1.82, 2.24) is 0 Å². The number of ketones is 1. The molecule has 2 rings (SSSR count). The number of carbonyl (C=O) groups excluding carboxylic acids is 1. The van der Waals surface area contributed by atoms with Gasteiger partial charge in [0.25, 0.3) is 0 Å². The number of carbonyl (C=O) groups is 1. The maximum Gasteiger partial charge on any atom is 0.165 e. The topological polar surface area (TPSA) is 69.9 Å². The van der Waals surface area contributed by atoms with E-state index in [0.29, 0.717) is 12.5 Å². The third-order valence-corrected chi connectivity index (χ3v) is 5.07. The van der Waals surface area contributed by atoms with Crippen molar-refractivity contribution < 1.29 is 15.0 Å². The van der Waals surface area contributed by atoms with E-state index in [1.165, 1.54) is 13.1 Å². The van der Waals surface area contributed by atoms with E-state index < -0.39 is 0 Å². The SMILES string of the molecule is C=C(/C(=C(C)/C(C)=C/C(O)=C(\C=NCCC)C(C)=O)c1cccc(O)c1)C1CC1. The summed E-state index contributed by atoms with van der Waals surface area (Å²) in [5.41, 5.74) is 4.89. The lowest BCUT2D eigenvalue weighted by atomic mass is 9.88. The minimum atomic E-state index is -0.233. The minimum Gasteiger partial charge on any atom is -0.508 e. The number of aliphatic imine (C=N–C) groups is 1. The summed E-state index contributed by atoms with van der Waals surface area (Å²) in [6, 6.07) is 7.14. The van der Waals surface area contributed by atoms with Crippen LogP contribution in [0.25, 0.3) is 5.57 Å². The van der Waals surface area contributed by atoms with Crippen LogP contribution in [0.15, 0.2) is 70.0 Å². The predicted octanol–water partition coefficient (Wildman–Crippen LogP) is 5.96. The average molecular weight is 394 g/mol. The van der Waals surface area contributed by atoms with Gasteiger partial charge in [-0.25, -0.2) is 0 Å². The van der Waals surface area contributed by atoms with E-state index in [9.17, 15) is 15.0 Å². The van der Waals surface area contributed by atoms with E-state index in [0.717, 1.165) is 47.1 Å². The van der Waals surface area contributed by atoms with Crippen LogP contribution in [-0.2, 0) is 4.79 Å². The Bertz CT molecular complexity index is 912. The molecule has 4 heteroatoms. The molecule has 0 radical (unpaired) electrons. The second kappa shape index (κ2) is 10.1. The van der Waals surface area contributed by atoms with Crippen molar-refractivity contribution in [3.63, 3.8) is 0 Å². The third kappa shape index (κ3) is 6.05. The van der Waals surface area contributed by atoms with Gasteiger partial charge in [-0.2, -0.15) is 0 Å². The van der Waals surface area contributed by atoms with Crippen LogP contribution < -0.4 is 0 Å². The molecule has 1 aliphatic carbocycles. The first-order chi connectivity index (χ1) is 13.8. The molecule has 0 spiro atoms. The van der Waals surface area contributed by atoms with Gasteiger partial charge in [0.2, 0.25) is 0 Å². The molecule has 1 aliphatic rings. The fourth-order valence-corrected chi connectivity index (χ4v) is 3.15. The molecule has 1 aromatic rings. The average Bonchev–Trinajstić information content (AvgIpc) is 3.50. The van der Waals surface area contributed by atoms with Crippen LogP contribution in [0.4, 0.5) is 0 Å². The lowest BCUT2D eigenvalue weighted by Gasteiger charge is -2.16. The number of hydrogen-bond acceptors (Lipinski definition) is 4. The van der Waals surface area contributed by atoms with Gasteiger partial charge in [-0.15, -0.1) is 0 Å². The van der Waals surface area contributed by atoms with E-state index in [1.807, 2.05) is 32.9 Å². The van der Waals surface area contributed by atoms with Crippen molar-refractivity contribution in [2.45, 2.75) is 47.0 Å². The molecule has 0 aromatic heterocycles. The number of hydrogen-bond donors (Lipinski definition) is 2. The molecule has 0 saturated heterocycles. The highest BCUT2D eigenvalue weighted by Crippen LogP contribution is 2.44. The summed E-state index contributed by atoms with van der Waals surface area (Å²) < 4.78 is 0. The molecule has 4 nitrogen and oxygen atoms in total. The number of rotatable bonds is 9. The summed E-state index contributed by atoms with van der Waals surface area (Å²) in [6.45, 7) is 12.2. The Kier molecular flexibility index (Phi) is 7.77. The lowest BCUT2D eigenvalue weighted by Crippen LogP contribution is -2.03. The van der Waals surface area contributed by atoms with Gasteiger partial charge >= 0.3 is 0 Å². The molecule has 0 atom stereocenters. The van der Waals surface area contributed by atoms with Gasteiger partial charge in [0.05, 0.1) is 5.57 Å². The Morgan fingerprint density at radius 1 is 1.28 bits per heavy atom. The largest absolute Gasteiger partial charge is 0.508 e. The number of aromatic hydroxyl groups is 1. The van der Waals surface area contributed by atoms with Crippen LogP contribution in [0.2, 0.25) is 0 Å². The zero-order chi connectivity index (χ0) is 21.6. The lowest BCUT2D eigenvalue weighted by molar-refractivity contribution is -0.113. The first kappa shape index (κ1) is 22.4. The highest BCUT2D eigenvalue weighted by atomic mass is 16.3. The molecule has 0 aliphatic heterocycles. The van der Waals surface area contributed by atoms with Crippen molar-refractivity contribution in [2.24, 2.45) is 10.9 Å². The van der Waals surface area contributed by atoms with Crippen molar-refractivity contribution in [1.29, 1.82) is 0 Å². The van der Waals surface area contributed by atoms with Gasteiger partial charge in [0.1, 0.15) is 11.5 Å². The summed E-state index contributed by atoms with van der Waals surface area (Å²) >= 11 is 0. The molecule has 29 heavy (non-hydrogen) atoms. The maximum atomic E-state index is 11.9. The molecule has 0 heterocycles. The van der Waals surface area contributed by atoms with E-state index in [1.54, 1.807) is 18.2 Å². The van der Waals surface area contributed by atoms with Crippen LogP contribution in [0.3, 0.4) is 0 Å². The number of benzene rings is 1. The first-order valence-corrected chi connectivity index (χ1v) is 10.1. The molecule has 0 bridgehead atoms. The standard InChI is InChI=1S/C25H31NO3/c1-6-12-26-15-23(19(5)27)24(29)13-16(2)17(3)25(18(4)20-10-11-20)21-8-7-9-22(28)14-21/h7-9,13-15,20,28-29H,4,6,10-12H2,1-3,5H3/b16-13+,24-23-,25-17-,26-15?. The van der Waals surface area contributed by atoms with Crippen molar-refractivity contribution in [3.8, 4) is 5.75 Å². The highest BCUT2D eigenvalue weighted by Gasteiger charge is 2.28. The Labute approximate surface area is 173 Å². The first-order valence-electron chi connectivity index (χ1n) is 10.1. The minimum absolute atomic E-state index is 0.0958. The molecule has 1 fully saturated rings. The van der Waals surface area contributed by atoms with Crippen molar-refractivity contribution in [2.75, 3.05) is 6.54 Å². The molecule has 0 amide bonds. The molecular weight excluding hydrogens is 362 g/mol. The third-order valence-electron chi connectivity index (χ3n) is 5.07. The number of phenolic OH excluding ortho intramolecular Hbond substituents is 1. The van der Waals surface area contributed by atoms with E-state index >= 15 is 0 Å². The smallest absolute Gasteiger partial charge is 0.165 e. The molecule has 1 aromatic carbocycles. The fraction of sp³-hybridized carbons (Fsp3) is 0.360. The summed E-state index contributed by atoms with van der Waals surface area (Å²) in [5, 5.41) is 20.5. The van der Waals surface area contributed by atoms with Crippen LogP contribution in [0.1, 0.15) is 52.5 Å². The Hall–Kier alpha value is -2.88. The van der Waals surface area contributed by atoms with Gasteiger partial charge in [0.15, 0.2) is 5.78 Å². The zero-order valence-electron chi connectivity index (χ0n) is 17.8. The quantitative estimate of drug-likeness (QED) is 0.235. The Morgan fingerprint density at radius 3 is 2.52 bits per heavy atom. The predicted molar refractivity (Wildman–Crippen MR) is 120 cm³/mol. The fourth-order valence-electron chi connectivity index (χ4n) is 3.15. The normalized spacial score (nSPS) is 16.5. The van der Waals surface area contributed by atoms with E-state index in [4.69, 9.17) is 0 Å². The number of allylic oxidation sites excluding steroid dienone is 6. The number of Topliss-reactive ketones (excluding diaryl/α,β-unsaturated/α-hetero) is 1. The molecular formula is C25H31NO3. The second-order valence-electron chi connectivity index (χ2n) is 7.57. The summed E-state index contributed by atoms with van der Waals surface area (Å²) in [4.78, 5) is 16.1. The van der Waals surface area contributed by atoms with Gasteiger partial charge in [0, 0.05) is 12.8 Å². The number of aliphatic hydroxyl groups excluding tert-OH is 1. The van der Waals surface area contributed by atoms with Gasteiger partial charge in [-0.3, -0.25) is 9.79 Å². The second-order valence-corrected chi connectivity index (χ2v) is 7.57. The summed E-state index contributed by atoms with van der Waals surface area (Å²) in [6.07, 6.45) is 6.15. The summed E-state index contributed by atoms with van der Waals surface area (Å²) in [7, 11) is 0. The van der Waals surface area contributed by atoms with Gasteiger partial charge < -0.3 is 10.2 Å². The van der Waals surface area contributed by atoms with E-state index in [-0.39, 0.29) is 22.9 Å². The van der Waals surface area contributed by atoms with Crippen LogP contribution >= 0.6 is 0 Å². The highest BCUT2D eigenvalue weighted by molar-refractivity contribution is 6.12. The Morgan fingerprint density at radius 2 is 1.97 bits per heavy atom. The molecule has 2 N–H and O–H groups in total. The molecule has 1 saturated carbocycles. The van der Waals surface area contributed by atoms with Gasteiger partial charge in [-0.05, 0) is 92.0 Å². The van der Waals surface area contributed by atoms with E-state index in [2.05, 4.69) is 11.6 Å². The summed E-state index contributed by atoms with van der Waals surface area (Å²) in [5.74, 6) is 0.324. The number of aliphatic hydroxyl groups is 1. The zero-order valence-corrected chi connectivity index (χ0v) is 17.8. The number of nitrogens with zero attached hydrogens (tertiary/aromatic N) is 1. The van der Waals surface area contributed by atoms with Gasteiger partial charge in [-0.1, -0.05) is 25.6 Å². The molecule has 154 valence electrons. The van der Waals surface area contributed by atoms with Crippen molar-refractivity contribution in [3.05, 3.63) is 70.5 Å². The molecule has 0 unspecified atom stereocenters. The maximum absolute atomic E-state index is 11.9. The van der Waals surface area contributed by atoms with Crippen LogP contribution in [0, 0.1) is 5.92 Å². The Balaban J connectivity index is 2.53. The van der Waals surface area contributed by atoms with Crippen LogP contribution in [0.5, 0.6) is 5.75 Å². The monoisotopic (exact) mass is 393 g/mol. The van der Waals surface area contributed by atoms with Crippen molar-refractivity contribution >= 4 is 17.6 Å². The number of phenols is 1.